The Bertz CT molecular complexity index is 707. The van der Waals surface area contributed by atoms with Crippen LogP contribution in [0.1, 0.15) is 11.1 Å². The molecule has 0 radical (unpaired) electrons. The molecule has 0 atom stereocenters. The lowest BCUT2D eigenvalue weighted by atomic mass is 10.1. The number of carbonyl (C=O) groups is 1. The van der Waals surface area contributed by atoms with Gasteiger partial charge in [0.1, 0.15) is 11.6 Å². The smallest absolute Gasteiger partial charge is 0.242 e. The van der Waals surface area contributed by atoms with Crippen molar-refractivity contribution in [2.24, 2.45) is 0 Å². The molecule has 0 fully saturated rings. The second kappa shape index (κ2) is 8.83. The number of hydrogen-bond donors (Lipinski definition) is 3. The first-order valence-corrected chi connectivity index (χ1v) is 7.68. The van der Waals surface area contributed by atoms with Crippen molar-refractivity contribution >= 4 is 23.2 Å². The molecule has 0 aromatic heterocycles. The van der Waals surface area contributed by atoms with E-state index in [4.69, 9.17) is 17.0 Å². The first kappa shape index (κ1) is 17.7. The number of hydrazine groups is 1. The SMILES string of the molecule is COc1ccccc1CC(=O)NNC(=S)NCc1ccc(F)cc1. The number of rotatable bonds is 5. The van der Waals surface area contributed by atoms with Gasteiger partial charge in [0.2, 0.25) is 5.91 Å². The summed E-state index contributed by atoms with van der Waals surface area (Å²) in [5, 5.41) is 3.19. The summed E-state index contributed by atoms with van der Waals surface area (Å²) in [7, 11) is 1.56. The van der Waals surface area contributed by atoms with Crippen LogP contribution in [0.3, 0.4) is 0 Å². The summed E-state index contributed by atoms with van der Waals surface area (Å²) in [5.41, 5.74) is 6.80. The molecule has 0 bridgehead atoms. The Kier molecular flexibility index (Phi) is 6.51. The van der Waals surface area contributed by atoms with Gasteiger partial charge in [-0.1, -0.05) is 30.3 Å². The highest BCUT2D eigenvalue weighted by Crippen LogP contribution is 2.17. The summed E-state index contributed by atoms with van der Waals surface area (Å²) in [5.74, 6) is 0.123. The topological polar surface area (TPSA) is 62.4 Å². The molecule has 24 heavy (non-hydrogen) atoms. The van der Waals surface area contributed by atoms with Gasteiger partial charge < -0.3 is 10.1 Å². The molecule has 0 saturated heterocycles. The summed E-state index contributed by atoms with van der Waals surface area (Å²) in [4.78, 5) is 11.9. The van der Waals surface area contributed by atoms with E-state index in [-0.39, 0.29) is 23.3 Å². The van der Waals surface area contributed by atoms with Gasteiger partial charge in [-0.3, -0.25) is 15.6 Å². The molecule has 0 aliphatic rings. The molecule has 3 N–H and O–H groups in total. The maximum atomic E-state index is 12.8. The number of ether oxygens (including phenoxy) is 1. The highest BCUT2D eigenvalue weighted by atomic mass is 32.1. The van der Waals surface area contributed by atoms with Crippen LogP contribution in [0.15, 0.2) is 48.5 Å². The monoisotopic (exact) mass is 347 g/mol. The van der Waals surface area contributed by atoms with Crippen LogP contribution in [0.4, 0.5) is 4.39 Å². The van der Waals surface area contributed by atoms with E-state index in [0.717, 1.165) is 11.1 Å². The summed E-state index contributed by atoms with van der Waals surface area (Å²) < 4.78 is 18.0. The fourth-order valence-electron chi connectivity index (χ4n) is 2.02. The van der Waals surface area contributed by atoms with Crippen LogP contribution in [-0.2, 0) is 17.8 Å². The molecule has 2 aromatic rings. The molecule has 0 unspecified atom stereocenters. The fourth-order valence-corrected chi connectivity index (χ4v) is 2.14. The summed E-state index contributed by atoms with van der Waals surface area (Å²) in [6, 6.07) is 13.4. The predicted octanol–water partition coefficient (Wildman–Crippen LogP) is 2.07. The Balaban J connectivity index is 1.74. The van der Waals surface area contributed by atoms with Crippen LogP contribution in [0.5, 0.6) is 5.75 Å². The third-order valence-electron chi connectivity index (χ3n) is 3.23. The highest BCUT2D eigenvalue weighted by Gasteiger charge is 2.08. The molecular formula is C17H18FN3O2S. The summed E-state index contributed by atoms with van der Waals surface area (Å²) in [6.07, 6.45) is 0.164. The normalized spacial score (nSPS) is 9.92. The van der Waals surface area contributed by atoms with Gasteiger partial charge in [-0.25, -0.2) is 4.39 Å². The van der Waals surface area contributed by atoms with Crippen LogP contribution in [0.25, 0.3) is 0 Å². The molecule has 1 amide bonds. The lowest BCUT2D eigenvalue weighted by Gasteiger charge is -2.12. The number of carbonyl (C=O) groups excluding carboxylic acids is 1. The van der Waals surface area contributed by atoms with E-state index < -0.39 is 0 Å². The molecule has 0 aliphatic heterocycles. The van der Waals surface area contributed by atoms with Gasteiger partial charge in [-0.05, 0) is 36.0 Å². The Morgan fingerprint density at radius 2 is 1.83 bits per heavy atom. The minimum atomic E-state index is -0.289. The van der Waals surface area contributed by atoms with E-state index >= 15 is 0 Å². The first-order chi connectivity index (χ1) is 11.6. The third kappa shape index (κ3) is 5.51. The van der Waals surface area contributed by atoms with Gasteiger partial charge in [0.15, 0.2) is 5.11 Å². The minimum Gasteiger partial charge on any atom is -0.496 e. The number of halogens is 1. The van der Waals surface area contributed by atoms with Gasteiger partial charge in [0.25, 0.3) is 0 Å². The standard InChI is InChI=1S/C17H18FN3O2S/c1-23-15-5-3-2-4-13(15)10-16(22)20-21-17(24)19-11-12-6-8-14(18)9-7-12/h2-9H,10-11H2,1H3,(H,20,22)(H2,19,21,24). The lowest BCUT2D eigenvalue weighted by molar-refractivity contribution is -0.121. The van der Waals surface area contributed by atoms with Crippen LogP contribution in [0.2, 0.25) is 0 Å². The predicted molar refractivity (Wildman–Crippen MR) is 93.8 cm³/mol. The van der Waals surface area contributed by atoms with Crippen molar-refractivity contribution < 1.29 is 13.9 Å². The molecule has 0 saturated carbocycles. The number of nitrogens with one attached hydrogen (secondary N) is 3. The molecule has 126 valence electrons. The number of para-hydroxylation sites is 1. The molecule has 5 nitrogen and oxygen atoms in total. The molecule has 0 aliphatic carbocycles. The number of thiocarbonyl (C=S) groups is 1. The zero-order chi connectivity index (χ0) is 17.4. The van der Waals surface area contributed by atoms with E-state index in [0.29, 0.717) is 12.3 Å². The van der Waals surface area contributed by atoms with Crippen molar-refractivity contribution in [3.63, 3.8) is 0 Å². The zero-order valence-electron chi connectivity index (χ0n) is 13.1. The van der Waals surface area contributed by atoms with E-state index in [1.807, 2.05) is 18.2 Å². The number of methoxy groups -OCH3 is 1. The molecule has 2 aromatic carbocycles. The second-order valence-corrected chi connectivity index (χ2v) is 5.38. The van der Waals surface area contributed by atoms with Gasteiger partial charge in [0.05, 0.1) is 13.5 Å². The van der Waals surface area contributed by atoms with Crippen LogP contribution in [-0.4, -0.2) is 18.1 Å². The van der Waals surface area contributed by atoms with Gasteiger partial charge in [-0.2, -0.15) is 0 Å². The quantitative estimate of drug-likeness (QED) is 0.571. The molecule has 0 heterocycles. The van der Waals surface area contributed by atoms with Gasteiger partial charge >= 0.3 is 0 Å². The zero-order valence-corrected chi connectivity index (χ0v) is 14.0. The van der Waals surface area contributed by atoms with Crippen molar-refractivity contribution in [1.29, 1.82) is 0 Å². The summed E-state index contributed by atoms with van der Waals surface area (Å²) >= 11 is 5.07. The van der Waals surface area contributed by atoms with Gasteiger partial charge in [0, 0.05) is 12.1 Å². The minimum absolute atomic E-state index is 0.164. The van der Waals surface area contributed by atoms with Gasteiger partial charge in [-0.15, -0.1) is 0 Å². The van der Waals surface area contributed by atoms with Crippen LogP contribution >= 0.6 is 12.2 Å². The number of amides is 1. The molecule has 7 heteroatoms. The average molecular weight is 347 g/mol. The van der Waals surface area contributed by atoms with Crippen LogP contribution in [0, 0.1) is 5.82 Å². The van der Waals surface area contributed by atoms with Crippen LogP contribution < -0.4 is 20.9 Å². The summed E-state index contributed by atoms with van der Waals surface area (Å²) in [6.45, 7) is 0.425. The third-order valence-corrected chi connectivity index (χ3v) is 3.47. The Hall–Kier alpha value is -2.67. The Morgan fingerprint density at radius 3 is 2.54 bits per heavy atom. The highest BCUT2D eigenvalue weighted by molar-refractivity contribution is 7.80. The lowest BCUT2D eigenvalue weighted by Crippen LogP contribution is -2.47. The maximum Gasteiger partial charge on any atom is 0.242 e. The van der Waals surface area contributed by atoms with E-state index in [9.17, 15) is 9.18 Å². The fraction of sp³-hybridized carbons (Fsp3) is 0.176. The van der Waals surface area contributed by atoms with Crippen molar-refractivity contribution in [2.45, 2.75) is 13.0 Å². The van der Waals surface area contributed by atoms with E-state index in [1.165, 1.54) is 12.1 Å². The average Bonchev–Trinajstić information content (AvgIpc) is 2.60. The van der Waals surface area contributed by atoms with Crippen molar-refractivity contribution in [1.82, 2.24) is 16.2 Å². The van der Waals surface area contributed by atoms with Crippen molar-refractivity contribution in [3.05, 3.63) is 65.5 Å². The Labute approximate surface area is 145 Å². The van der Waals surface area contributed by atoms with Crippen molar-refractivity contribution in [2.75, 3.05) is 7.11 Å². The van der Waals surface area contributed by atoms with Crippen molar-refractivity contribution in [3.8, 4) is 5.75 Å². The largest absolute Gasteiger partial charge is 0.496 e. The number of hydrogen-bond acceptors (Lipinski definition) is 3. The maximum absolute atomic E-state index is 12.8. The molecule has 2 rings (SSSR count). The Morgan fingerprint density at radius 1 is 1.12 bits per heavy atom. The van der Waals surface area contributed by atoms with E-state index in [2.05, 4.69) is 16.2 Å². The number of benzene rings is 2. The second-order valence-electron chi connectivity index (χ2n) is 4.97. The molecular weight excluding hydrogens is 329 g/mol. The molecule has 0 spiro atoms. The van der Waals surface area contributed by atoms with E-state index in [1.54, 1.807) is 25.3 Å². The first-order valence-electron chi connectivity index (χ1n) is 7.27.